The predicted molar refractivity (Wildman–Crippen MR) is 121 cm³/mol. The molecule has 11 heteroatoms. The van der Waals surface area contributed by atoms with Gasteiger partial charge in [-0.05, 0) is 54.6 Å². The van der Waals surface area contributed by atoms with Crippen LogP contribution in [0.3, 0.4) is 0 Å². The molecule has 0 radical (unpaired) electrons. The van der Waals surface area contributed by atoms with Gasteiger partial charge in [0.1, 0.15) is 11.6 Å². The zero-order valence-corrected chi connectivity index (χ0v) is 18.0. The summed E-state index contributed by atoms with van der Waals surface area (Å²) in [6, 6.07) is 14.5. The molecule has 0 heterocycles. The van der Waals surface area contributed by atoms with Gasteiger partial charge in [0.05, 0.1) is 28.2 Å². The second-order valence-corrected chi connectivity index (χ2v) is 8.30. The van der Waals surface area contributed by atoms with Crippen LogP contribution in [0.2, 0.25) is 0 Å². The number of methoxy groups -OCH3 is 1. The lowest BCUT2D eigenvalue weighted by atomic mass is 10.1. The molecule has 33 heavy (non-hydrogen) atoms. The van der Waals surface area contributed by atoms with E-state index in [2.05, 4.69) is 10.0 Å². The normalized spacial score (nSPS) is 11.2. The van der Waals surface area contributed by atoms with Crippen LogP contribution in [0, 0.1) is 15.9 Å². The van der Waals surface area contributed by atoms with Gasteiger partial charge in [-0.3, -0.25) is 19.6 Å². The Labute approximate surface area is 188 Å². The highest BCUT2D eigenvalue weighted by Gasteiger charge is 2.17. The minimum atomic E-state index is -4.05. The van der Waals surface area contributed by atoms with Gasteiger partial charge >= 0.3 is 0 Å². The Kier molecular flexibility index (Phi) is 7.04. The second kappa shape index (κ2) is 9.92. The predicted octanol–water partition coefficient (Wildman–Crippen LogP) is 4.20. The van der Waals surface area contributed by atoms with Crippen molar-refractivity contribution in [2.24, 2.45) is 0 Å². The maximum atomic E-state index is 13.1. The van der Waals surface area contributed by atoms with Crippen molar-refractivity contribution in [1.29, 1.82) is 0 Å². The highest BCUT2D eigenvalue weighted by Crippen LogP contribution is 2.30. The van der Waals surface area contributed by atoms with Crippen molar-refractivity contribution in [2.75, 3.05) is 17.1 Å². The van der Waals surface area contributed by atoms with Crippen LogP contribution in [0.4, 0.5) is 21.5 Å². The summed E-state index contributed by atoms with van der Waals surface area (Å²) in [7, 11) is -2.71. The van der Waals surface area contributed by atoms with Gasteiger partial charge in [-0.25, -0.2) is 12.8 Å². The summed E-state index contributed by atoms with van der Waals surface area (Å²) in [5, 5.41) is 13.6. The first kappa shape index (κ1) is 23.4. The fourth-order valence-corrected chi connectivity index (χ4v) is 3.89. The standard InChI is InChI=1S/C22H18FN3O6S/c1-32-21-12-9-17(14-19(21)25-33(30,31)18-10-7-16(23)8-11-18)24-22(27)13-6-15-4-2-3-5-20(15)26(28)29/h2-14,25H,1H3,(H,24,27)/b13-6+. The van der Waals surface area contributed by atoms with E-state index in [1.54, 1.807) is 6.07 Å². The van der Waals surface area contributed by atoms with Crippen molar-refractivity contribution in [1.82, 2.24) is 0 Å². The molecule has 0 aliphatic carbocycles. The molecule has 0 atom stereocenters. The molecule has 0 aromatic heterocycles. The lowest BCUT2D eigenvalue weighted by Crippen LogP contribution is -2.14. The SMILES string of the molecule is COc1ccc(NC(=O)/C=C/c2ccccc2[N+](=O)[O-])cc1NS(=O)(=O)c1ccc(F)cc1. The van der Waals surface area contributed by atoms with E-state index in [-0.39, 0.29) is 33.3 Å². The van der Waals surface area contributed by atoms with Gasteiger partial charge in [-0.15, -0.1) is 0 Å². The number of para-hydroxylation sites is 1. The maximum absolute atomic E-state index is 13.1. The number of halogens is 1. The highest BCUT2D eigenvalue weighted by atomic mass is 32.2. The van der Waals surface area contributed by atoms with Crippen LogP contribution in [-0.4, -0.2) is 26.4 Å². The zero-order valence-electron chi connectivity index (χ0n) is 17.2. The molecule has 0 unspecified atom stereocenters. The Bertz CT molecular complexity index is 1320. The smallest absolute Gasteiger partial charge is 0.276 e. The second-order valence-electron chi connectivity index (χ2n) is 6.61. The monoisotopic (exact) mass is 471 g/mol. The molecule has 0 aliphatic heterocycles. The number of nitrogens with zero attached hydrogens (tertiary/aromatic N) is 1. The van der Waals surface area contributed by atoms with E-state index in [0.29, 0.717) is 0 Å². The van der Waals surface area contributed by atoms with E-state index < -0.39 is 26.7 Å². The fourth-order valence-electron chi connectivity index (χ4n) is 2.83. The number of nitrogens with one attached hydrogen (secondary N) is 2. The number of carbonyl (C=O) groups excluding carboxylic acids is 1. The molecule has 170 valence electrons. The van der Waals surface area contributed by atoms with E-state index in [4.69, 9.17) is 4.74 Å². The third-order valence-electron chi connectivity index (χ3n) is 4.38. The molecule has 3 aromatic carbocycles. The largest absolute Gasteiger partial charge is 0.495 e. The summed E-state index contributed by atoms with van der Waals surface area (Å²) >= 11 is 0. The summed E-state index contributed by atoms with van der Waals surface area (Å²) in [4.78, 5) is 22.7. The molecular formula is C22H18FN3O6S. The molecular weight excluding hydrogens is 453 g/mol. The van der Waals surface area contributed by atoms with Crippen molar-refractivity contribution >= 4 is 39.1 Å². The van der Waals surface area contributed by atoms with E-state index in [0.717, 1.165) is 30.3 Å². The van der Waals surface area contributed by atoms with Gasteiger partial charge < -0.3 is 10.1 Å². The number of hydrogen-bond donors (Lipinski definition) is 2. The number of nitro benzene ring substituents is 1. The number of amides is 1. The highest BCUT2D eigenvalue weighted by molar-refractivity contribution is 7.92. The van der Waals surface area contributed by atoms with E-state index in [1.165, 1.54) is 49.6 Å². The summed E-state index contributed by atoms with van der Waals surface area (Å²) < 4.78 is 45.9. The van der Waals surface area contributed by atoms with E-state index in [9.17, 15) is 27.7 Å². The first-order valence-corrected chi connectivity index (χ1v) is 10.9. The fraction of sp³-hybridized carbons (Fsp3) is 0.0455. The topological polar surface area (TPSA) is 128 Å². The minimum absolute atomic E-state index is 0.0438. The van der Waals surface area contributed by atoms with Crippen LogP contribution in [0.1, 0.15) is 5.56 Å². The molecule has 0 saturated carbocycles. The van der Waals surface area contributed by atoms with Crippen molar-refractivity contribution in [3.05, 3.63) is 94.3 Å². The number of ether oxygens (including phenoxy) is 1. The lowest BCUT2D eigenvalue weighted by Gasteiger charge is -2.13. The van der Waals surface area contributed by atoms with Crippen molar-refractivity contribution < 1.29 is 27.3 Å². The van der Waals surface area contributed by atoms with Crippen LogP contribution in [0.5, 0.6) is 5.75 Å². The Morgan fingerprint density at radius 2 is 1.79 bits per heavy atom. The van der Waals surface area contributed by atoms with Gasteiger partial charge in [0.25, 0.3) is 15.7 Å². The molecule has 0 saturated heterocycles. The first-order valence-electron chi connectivity index (χ1n) is 9.38. The number of sulfonamides is 1. The number of benzene rings is 3. The van der Waals surface area contributed by atoms with Crippen LogP contribution in [-0.2, 0) is 14.8 Å². The molecule has 1 amide bonds. The van der Waals surface area contributed by atoms with Crippen molar-refractivity contribution in [3.8, 4) is 5.75 Å². The zero-order chi connectivity index (χ0) is 24.0. The molecule has 0 bridgehead atoms. The van der Waals surface area contributed by atoms with Crippen LogP contribution in [0.25, 0.3) is 6.08 Å². The number of nitro groups is 1. The minimum Gasteiger partial charge on any atom is -0.495 e. The quantitative estimate of drug-likeness (QED) is 0.288. The summed E-state index contributed by atoms with van der Waals surface area (Å²) in [6.45, 7) is 0. The average molecular weight is 471 g/mol. The van der Waals surface area contributed by atoms with E-state index in [1.807, 2.05) is 0 Å². The Balaban J connectivity index is 1.80. The van der Waals surface area contributed by atoms with Crippen molar-refractivity contribution in [2.45, 2.75) is 4.90 Å². The summed E-state index contributed by atoms with van der Waals surface area (Å²) in [5.41, 5.74) is 0.385. The van der Waals surface area contributed by atoms with E-state index >= 15 is 0 Å². The molecule has 0 aliphatic rings. The Morgan fingerprint density at radius 1 is 1.09 bits per heavy atom. The Hall–Kier alpha value is -4.25. The molecule has 9 nitrogen and oxygen atoms in total. The molecule has 3 aromatic rings. The molecule has 2 N–H and O–H groups in total. The summed E-state index contributed by atoms with van der Waals surface area (Å²) in [5.74, 6) is -0.982. The number of rotatable bonds is 8. The van der Waals surface area contributed by atoms with Gasteiger partial charge in [0.15, 0.2) is 0 Å². The first-order chi connectivity index (χ1) is 15.7. The third-order valence-corrected chi connectivity index (χ3v) is 5.76. The van der Waals surface area contributed by atoms with Gasteiger partial charge in [0, 0.05) is 17.8 Å². The van der Waals surface area contributed by atoms with Gasteiger partial charge in [0.2, 0.25) is 5.91 Å². The molecule has 0 fully saturated rings. The number of hydrogen-bond acceptors (Lipinski definition) is 6. The molecule has 3 rings (SSSR count). The van der Waals surface area contributed by atoms with Crippen LogP contribution in [0.15, 0.2) is 77.7 Å². The Morgan fingerprint density at radius 3 is 2.45 bits per heavy atom. The lowest BCUT2D eigenvalue weighted by molar-refractivity contribution is -0.385. The number of carbonyl (C=O) groups is 1. The van der Waals surface area contributed by atoms with Crippen LogP contribution < -0.4 is 14.8 Å². The van der Waals surface area contributed by atoms with Gasteiger partial charge in [-0.1, -0.05) is 12.1 Å². The average Bonchev–Trinajstić information content (AvgIpc) is 2.78. The third kappa shape index (κ3) is 5.92. The molecule has 0 spiro atoms. The van der Waals surface area contributed by atoms with Crippen molar-refractivity contribution in [3.63, 3.8) is 0 Å². The van der Waals surface area contributed by atoms with Gasteiger partial charge in [-0.2, -0.15) is 0 Å². The number of anilines is 2. The summed E-state index contributed by atoms with van der Waals surface area (Å²) in [6.07, 6.45) is 2.42. The maximum Gasteiger partial charge on any atom is 0.276 e. The van der Waals surface area contributed by atoms with Crippen LogP contribution >= 0.6 is 0 Å².